The zero-order valence-electron chi connectivity index (χ0n) is 8.04. The van der Waals surface area contributed by atoms with Gasteiger partial charge in [0.2, 0.25) is 0 Å². The molecule has 0 aliphatic rings. The molecule has 0 aliphatic heterocycles. The molecule has 0 radical (unpaired) electrons. The van der Waals surface area contributed by atoms with Crippen LogP contribution in [0.2, 0.25) is 0 Å². The van der Waals surface area contributed by atoms with E-state index in [4.69, 9.17) is 15.3 Å². The average molecular weight is 213 g/mol. The Morgan fingerprint density at radius 3 is 2.40 bits per heavy atom. The maximum atomic E-state index is 10.6. The molecule has 0 aliphatic carbocycles. The van der Waals surface area contributed by atoms with Crippen LogP contribution in [-0.2, 0) is 6.42 Å². The molecule has 0 heterocycles. The number of nitrogens with zero attached hydrogens (tertiary/aromatic N) is 1. The van der Waals surface area contributed by atoms with E-state index >= 15 is 0 Å². The second kappa shape index (κ2) is 4.14. The van der Waals surface area contributed by atoms with Gasteiger partial charge in [-0.3, -0.25) is 10.1 Å². The molecule has 1 unspecified atom stereocenters. The first-order valence-corrected chi connectivity index (χ1v) is 4.29. The largest absolute Gasteiger partial charge is 0.504 e. The van der Waals surface area contributed by atoms with E-state index in [1.807, 2.05) is 0 Å². The lowest BCUT2D eigenvalue weighted by Crippen LogP contribution is -2.06. The smallest absolute Gasteiger partial charge is 0.276 e. The van der Waals surface area contributed by atoms with Gasteiger partial charge in [-0.05, 0) is 13.0 Å². The molecule has 1 rings (SSSR count). The Morgan fingerprint density at radius 2 is 1.93 bits per heavy atom. The summed E-state index contributed by atoms with van der Waals surface area (Å²) in [7, 11) is 0. The van der Waals surface area contributed by atoms with Gasteiger partial charge in [0, 0.05) is 12.0 Å². The third kappa shape index (κ3) is 2.57. The van der Waals surface area contributed by atoms with E-state index in [1.54, 1.807) is 0 Å². The van der Waals surface area contributed by atoms with Crippen LogP contribution in [0.15, 0.2) is 12.1 Å². The summed E-state index contributed by atoms with van der Waals surface area (Å²) in [4.78, 5) is 9.93. The van der Waals surface area contributed by atoms with Crippen molar-refractivity contribution in [2.45, 2.75) is 19.4 Å². The molecular formula is C9H11NO5. The van der Waals surface area contributed by atoms with E-state index in [0.717, 1.165) is 12.1 Å². The monoisotopic (exact) mass is 213 g/mol. The molecule has 1 aromatic rings. The van der Waals surface area contributed by atoms with Crippen molar-refractivity contribution < 1.29 is 20.2 Å². The summed E-state index contributed by atoms with van der Waals surface area (Å²) in [5.41, 5.74) is -0.128. The summed E-state index contributed by atoms with van der Waals surface area (Å²) in [6.07, 6.45) is -0.711. The number of aromatic hydroxyl groups is 2. The number of rotatable bonds is 3. The Labute approximate surface area is 85.6 Å². The van der Waals surface area contributed by atoms with Gasteiger partial charge in [-0.25, -0.2) is 0 Å². The molecular weight excluding hydrogens is 202 g/mol. The van der Waals surface area contributed by atoms with Gasteiger partial charge in [-0.1, -0.05) is 0 Å². The number of aliphatic hydroxyl groups is 1. The van der Waals surface area contributed by atoms with Gasteiger partial charge in [-0.2, -0.15) is 0 Å². The highest BCUT2D eigenvalue weighted by atomic mass is 16.6. The highest BCUT2D eigenvalue weighted by Gasteiger charge is 2.18. The maximum absolute atomic E-state index is 10.6. The molecule has 0 amide bonds. The fourth-order valence-electron chi connectivity index (χ4n) is 1.26. The van der Waals surface area contributed by atoms with E-state index in [9.17, 15) is 10.1 Å². The summed E-state index contributed by atoms with van der Waals surface area (Å²) in [5, 5.41) is 38.0. The van der Waals surface area contributed by atoms with E-state index in [2.05, 4.69) is 0 Å². The Balaban J connectivity index is 3.22. The fourth-order valence-corrected chi connectivity index (χ4v) is 1.26. The predicted molar refractivity (Wildman–Crippen MR) is 51.8 cm³/mol. The Morgan fingerprint density at radius 1 is 1.40 bits per heavy atom. The first kappa shape index (κ1) is 11.3. The lowest BCUT2D eigenvalue weighted by atomic mass is 10.1. The van der Waals surface area contributed by atoms with Gasteiger partial charge < -0.3 is 15.3 Å². The third-order valence-electron chi connectivity index (χ3n) is 1.89. The number of phenolic OH excluding ortho intramolecular Hbond substituents is 2. The lowest BCUT2D eigenvalue weighted by molar-refractivity contribution is -0.385. The van der Waals surface area contributed by atoms with Crippen LogP contribution in [0.5, 0.6) is 11.5 Å². The summed E-state index contributed by atoms with van der Waals surface area (Å²) < 4.78 is 0. The third-order valence-corrected chi connectivity index (χ3v) is 1.89. The van der Waals surface area contributed by atoms with Crippen molar-refractivity contribution in [3.8, 4) is 11.5 Å². The zero-order chi connectivity index (χ0) is 11.6. The van der Waals surface area contributed by atoms with Gasteiger partial charge in [0.15, 0.2) is 11.5 Å². The SMILES string of the molecule is CC(O)Cc1cc(O)c(O)cc1[N+](=O)[O-]. The molecule has 0 spiro atoms. The van der Waals surface area contributed by atoms with Gasteiger partial charge in [0.25, 0.3) is 5.69 Å². The van der Waals surface area contributed by atoms with Gasteiger partial charge in [0.1, 0.15) is 0 Å². The highest BCUT2D eigenvalue weighted by Crippen LogP contribution is 2.33. The molecule has 0 aromatic heterocycles. The van der Waals surface area contributed by atoms with Crippen molar-refractivity contribution in [2.75, 3.05) is 0 Å². The van der Waals surface area contributed by atoms with Crippen molar-refractivity contribution in [1.29, 1.82) is 0 Å². The second-order valence-corrected chi connectivity index (χ2v) is 3.28. The fraction of sp³-hybridized carbons (Fsp3) is 0.333. The normalized spacial score (nSPS) is 12.4. The molecule has 3 N–H and O–H groups in total. The standard InChI is InChI=1S/C9H11NO5/c1-5(11)2-6-3-8(12)9(13)4-7(6)10(14)15/h3-5,11-13H,2H2,1H3. The molecule has 0 bridgehead atoms. The maximum Gasteiger partial charge on any atom is 0.276 e. The van der Waals surface area contributed by atoms with E-state index < -0.39 is 22.5 Å². The van der Waals surface area contributed by atoms with Crippen LogP contribution in [0.4, 0.5) is 5.69 Å². The van der Waals surface area contributed by atoms with Gasteiger partial charge in [0.05, 0.1) is 17.1 Å². The second-order valence-electron chi connectivity index (χ2n) is 3.28. The highest BCUT2D eigenvalue weighted by molar-refractivity contribution is 5.53. The number of nitro groups is 1. The zero-order valence-corrected chi connectivity index (χ0v) is 8.04. The summed E-state index contributed by atoms with van der Waals surface area (Å²) >= 11 is 0. The van der Waals surface area contributed by atoms with Crippen LogP contribution in [0.25, 0.3) is 0 Å². The van der Waals surface area contributed by atoms with Crippen molar-refractivity contribution >= 4 is 5.69 Å². The number of phenols is 2. The van der Waals surface area contributed by atoms with Crippen molar-refractivity contribution in [3.63, 3.8) is 0 Å². The molecule has 1 atom stereocenters. The van der Waals surface area contributed by atoms with E-state index in [1.165, 1.54) is 6.92 Å². The number of hydrogen-bond donors (Lipinski definition) is 3. The molecule has 0 saturated heterocycles. The molecule has 0 saturated carbocycles. The number of hydrogen-bond acceptors (Lipinski definition) is 5. The first-order valence-electron chi connectivity index (χ1n) is 4.29. The van der Waals surface area contributed by atoms with Gasteiger partial charge in [-0.15, -0.1) is 0 Å². The molecule has 0 fully saturated rings. The Hall–Kier alpha value is -1.82. The van der Waals surface area contributed by atoms with Crippen LogP contribution in [-0.4, -0.2) is 26.3 Å². The van der Waals surface area contributed by atoms with Crippen LogP contribution in [0, 0.1) is 10.1 Å². The van der Waals surface area contributed by atoms with Gasteiger partial charge >= 0.3 is 0 Å². The van der Waals surface area contributed by atoms with E-state index in [-0.39, 0.29) is 17.7 Å². The van der Waals surface area contributed by atoms with Crippen LogP contribution < -0.4 is 0 Å². The first-order chi connectivity index (χ1) is 6.91. The lowest BCUT2D eigenvalue weighted by Gasteiger charge is -2.06. The number of aliphatic hydroxyl groups excluding tert-OH is 1. The van der Waals surface area contributed by atoms with Crippen molar-refractivity contribution in [3.05, 3.63) is 27.8 Å². The summed E-state index contributed by atoms with van der Waals surface area (Å²) in [6, 6.07) is 1.95. The topological polar surface area (TPSA) is 104 Å². The molecule has 1 aromatic carbocycles. The molecule has 6 nitrogen and oxygen atoms in total. The molecule has 6 heteroatoms. The quantitative estimate of drug-likeness (QED) is 0.393. The number of benzene rings is 1. The Kier molecular flexibility index (Phi) is 3.11. The molecule has 82 valence electrons. The van der Waals surface area contributed by atoms with Crippen LogP contribution in [0.3, 0.4) is 0 Å². The van der Waals surface area contributed by atoms with E-state index in [0.29, 0.717) is 0 Å². The Bertz CT molecular complexity index is 388. The predicted octanol–water partition coefficient (Wildman–Crippen LogP) is 0.929. The van der Waals surface area contributed by atoms with Crippen LogP contribution >= 0.6 is 0 Å². The summed E-state index contributed by atoms with van der Waals surface area (Å²) in [6.45, 7) is 1.48. The number of nitro benzene ring substituents is 1. The summed E-state index contributed by atoms with van der Waals surface area (Å²) in [5.74, 6) is -0.979. The minimum absolute atomic E-state index is 0.0458. The minimum atomic E-state index is -0.757. The van der Waals surface area contributed by atoms with Crippen molar-refractivity contribution in [1.82, 2.24) is 0 Å². The van der Waals surface area contributed by atoms with Crippen molar-refractivity contribution in [2.24, 2.45) is 0 Å². The van der Waals surface area contributed by atoms with Crippen LogP contribution in [0.1, 0.15) is 12.5 Å². The molecule has 15 heavy (non-hydrogen) atoms. The average Bonchev–Trinajstić information content (AvgIpc) is 2.09. The minimum Gasteiger partial charge on any atom is -0.504 e.